The molecule has 0 bridgehead atoms. The van der Waals surface area contributed by atoms with Gasteiger partial charge in [-0.1, -0.05) is 38.1 Å². The van der Waals surface area contributed by atoms with E-state index < -0.39 is 0 Å². The van der Waals surface area contributed by atoms with E-state index in [2.05, 4.69) is 30.1 Å². The van der Waals surface area contributed by atoms with Crippen LogP contribution in [0.25, 0.3) is 10.9 Å². The molecule has 4 heteroatoms. The van der Waals surface area contributed by atoms with E-state index in [4.69, 9.17) is 10.00 Å². The van der Waals surface area contributed by atoms with Gasteiger partial charge >= 0.3 is 0 Å². The Kier molecular flexibility index (Phi) is 4.72. The molecular weight excluding hydrogens is 298 g/mol. The maximum Gasteiger partial charge on any atom is 0.152 e. The predicted octanol–water partition coefficient (Wildman–Crippen LogP) is 4.59. The second kappa shape index (κ2) is 7.10. The number of aromatic nitrogens is 2. The second-order valence-corrected chi connectivity index (χ2v) is 5.84. The molecule has 0 amide bonds. The zero-order chi connectivity index (χ0) is 16.9. The number of hydrogen-bond donors (Lipinski definition) is 0. The van der Waals surface area contributed by atoms with Crippen LogP contribution in [0, 0.1) is 11.3 Å². The number of rotatable bonds is 5. The molecule has 0 saturated carbocycles. The van der Waals surface area contributed by atoms with E-state index in [1.807, 2.05) is 36.4 Å². The van der Waals surface area contributed by atoms with E-state index >= 15 is 0 Å². The monoisotopic (exact) mass is 317 g/mol. The molecule has 0 fully saturated rings. The van der Waals surface area contributed by atoms with Crippen molar-refractivity contribution in [2.45, 2.75) is 32.8 Å². The third kappa shape index (κ3) is 3.21. The van der Waals surface area contributed by atoms with Gasteiger partial charge in [0.15, 0.2) is 5.75 Å². The van der Waals surface area contributed by atoms with Crippen molar-refractivity contribution in [2.24, 2.45) is 0 Å². The van der Waals surface area contributed by atoms with Gasteiger partial charge < -0.3 is 4.74 Å². The van der Waals surface area contributed by atoms with Crippen LogP contribution in [-0.4, -0.2) is 10.2 Å². The van der Waals surface area contributed by atoms with Crippen molar-refractivity contribution in [1.29, 1.82) is 5.26 Å². The Labute approximate surface area is 141 Å². The van der Waals surface area contributed by atoms with E-state index in [1.54, 1.807) is 12.1 Å². The van der Waals surface area contributed by atoms with E-state index in [9.17, 15) is 0 Å². The first kappa shape index (κ1) is 15.9. The smallest absolute Gasteiger partial charge is 0.152 e. The molecule has 1 heterocycles. The van der Waals surface area contributed by atoms with Crippen molar-refractivity contribution in [1.82, 2.24) is 10.2 Å². The molecule has 4 nitrogen and oxygen atoms in total. The van der Waals surface area contributed by atoms with Gasteiger partial charge in [-0.15, -0.1) is 5.10 Å². The number of benzene rings is 2. The highest BCUT2D eigenvalue weighted by Crippen LogP contribution is 2.33. The summed E-state index contributed by atoms with van der Waals surface area (Å²) >= 11 is 0. The van der Waals surface area contributed by atoms with Gasteiger partial charge in [0.05, 0.1) is 17.1 Å². The van der Waals surface area contributed by atoms with Crippen molar-refractivity contribution < 1.29 is 4.74 Å². The van der Waals surface area contributed by atoms with Crippen molar-refractivity contribution >= 4 is 10.9 Å². The van der Waals surface area contributed by atoms with Gasteiger partial charge in [0.2, 0.25) is 0 Å². The third-order valence-electron chi connectivity index (χ3n) is 4.19. The normalized spacial score (nSPS) is 11.9. The first-order chi connectivity index (χ1) is 11.7. The molecule has 1 atom stereocenters. The quantitative estimate of drug-likeness (QED) is 0.690. The van der Waals surface area contributed by atoms with Crippen LogP contribution in [0.1, 0.15) is 43.0 Å². The molecule has 1 aromatic heterocycles. The first-order valence-electron chi connectivity index (χ1n) is 8.10. The zero-order valence-electron chi connectivity index (χ0n) is 13.9. The van der Waals surface area contributed by atoms with Gasteiger partial charge in [0.25, 0.3) is 0 Å². The molecule has 0 spiro atoms. The molecule has 2 aromatic carbocycles. The van der Waals surface area contributed by atoms with Gasteiger partial charge in [-0.2, -0.15) is 10.4 Å². The van der Waals surface area contributed by atoms with E-state index in [0.717, 1.165) is 34.3 Å². The summed E-state index contributed by atoms with van der Waals surface area (Å²) in [5.41, 5.74) is 3.39. The molecular formula is C20H19N3O. The molecule has 0 aliphatic rings. The molecule has 0 aliphatic carbocycles. The second-order valence-electron chi connectivity index (χ2n) is 5.84. The molecule has 0 radical (unpaired) electrons. The highest BCUT2D eigenvalue weighted by molar-refractivity contribution is 5.85. The van der Waals surface area contributed by atoms with Crippen LogP contribution < -0.4 is 4.74 Å². The Balaban J connectivity index is 1.95. The summed E-state index contributed by atoms with van der Waals surface area (Å²) in [6, 6.07) is 17.5. The van der Waals surface area contributed by atoms with E-state index in [0.29, 0.717) is 12.2 Å². The standard InChI is InChI=1S/C20H19N3O/c1-3-14(2)19-20(17-6-4-5-7-18(17)22-23-19)24-13-16-10-8-15(12-21)9-11-16/h4-11,14H,3,13H2,1-2H3. The Morgan fingerprint density at radius 2 is 1.83 bits per heavy atom. The maximum absolute atomic E-state index is 8.88. The van der Waals surface area contributed by atoms with Crippen molar-refractivity contribution in [3.8, 4) is 11.8 Å². The molecule has 0 saturated heterocycles. The molecule has 3 aromatic rings. The number of nitriles is 1. The summed E-state index contributed by atoms with van der Waals surface area (Å²) in [5, 5.41) is 18.6. The molecule has 0 N–H and O–H groups in total. The largest absolute Gasteiger partial charge is 0.486 e. The van der Waals surface area contributed by atoms with Gasteiger partial charge in [-0.25, -0.2) is 0 Å². The Hall–Kier alpha value is -2.93. The third-order valence-corrected chi connectivity index (χ3v) is 4.19. The number of hydrogen-bond acceptors (Lipinski definition) is 4. The van der Waals surface area contributed by atoms with Crippen LogP contribution in [0.3, 0.4) is 0 Å². The van der Waals surface area contributed by atoms with Gasteiger partial charge in [0, 0.05) is 11.3 Å². The molecule has 120 valence electrons. The van der Waals surface area contributed by atoms with Crippen LogP contribution in [0.15, 0.2) is 48.5 Å². The molecule has 1 unspecified atom stereocenters. The lowest BCUT2D eigenvalue weighted by Gasteiger charge is -2.16. The highest BCUT2D eigenvalue weighted by Gasteiger charge is 2.16. The van der Waals surface area contributed by atoms with Crippen LogP contribution in [0.2, 0.25) is 0 Å². The number of fused-ring (bicyclic) bond motifs is 1. The van der Waals surface area contributed by atoms with Crippen LogP contribution in [-0.2, 0) is 6.61 Å². The topological polar surface area (TPSA) is 58.8 Å². The lowest BCUT2D eigenvalue weighted by atomic mass is 10.0. The zero-order valence-corrected chi connectivity index (χ0v) is 13.9. The molecule has 3 rings (SSSR count). The summed E-state index contributed by atoms with van der Waals surface area (Å²) < 4.78 is 6.15. The Morgan fingerprint density at radius 3 is 2.54 bits per heavy atom. The summed E-state index contributed by atoms with van der Waals surface area (Å²) in [7, 11) is 0. The minimum Gasteiger partial charge on any atom is -0.486 e. The fourth-order valence-electron chi connectivity index (χ4n) is 2.54. The summed E-state index contributed by atoms with van der Waals surface area (Å²) in [6.45, 7) is 4.70. The predicted molar refractivity (Wildman–Crippen MR) is 93.7 cm³/mol. The average molecular weight is 317 g/mol. The number of nitrogens with zero attached hydrogens (tertiary/aromatic N) is 3. The van der Waals surface area contributed by atoms with Crippen LogP contribution >= 0.6 is 0 Å². The van der Waals surface area contributed by atoms with Crippen LogP contribution in [0.4, 0.5) is 0 Å². The summed E-state index contributed by atoms with van der Waals surface area (Å²) in [6.07, 6.45) is 0.972. The van der Waals surface area contributed by atoms with E-state index in [1.165, 1.54) is 0 Å². The van der Waals surface area contributed by atoms with Gasteiger partial charge in [-0.3, -0.25) is 0 Å². The van der Waals surface area contributed by atoms with Crippen molar-refractivity contribution in [2.75, 3.05) is 0 Å². The first-order valence-corrected chi connectivity index (χ1v) is 8.10. The fraction of sp³-hybridized carbons (Fsp3) is 0.250. The summed E-state index contributed by atoms with van der Waals surface area (Å²) in [4.78, 5) is 0. The Morgan fingerprint density at radius 1 is 1.08 bits per heavy atom. The van der Waals surface area contributed by atoms with Crippen molar-refractivity contribution in [3.05, 3.63) is 65.4 Å². The van der Waals surface area contributed by atoms with Crippen molar-refractivity contribution in [3.63, 3.8) is 0 Å². The van der Waals surface area contributed by atoms with E-state index in [-0.39, 0.29) is 5.92 Å². The SMILES string of the molecule is CCC(C)c1nnc2ccccc2c1OCc1ccc(C#N)cc1. The number of ether oxygens (including phenoxy) is 1. The maximum atomic E-state index is 8.88. The highest BCUT2D eigenvalue weighted by atomic mass is 16.5. The minimum absolute atomic E-state index is 0.276. The fourth-order valence-corrected chi connectivity index (χ4v) is 2.54. The summed E-state index contributed by atoms with van der Waals surface area (Å²) in [5.74, 6) is 1.08. The van der Waals surface area contributed by atoms with Gasteiger partial charge in [-0.05, 0) is 36.2 Å². The lowest BCUT2D eigenvalue weighted by molar-refractivity contribution is 0.302. The molecule has 24 heavy (non-hydrogen) atoms. The Bertz CT molecular complexity index is 882. The van der Waals surface area contributed by atoms with Gasteiger partial charge in [0.1, 0.15) is 12.3 Å². The average Bonchev–Trinajstić information content (AvgIpc) is 2.65. The lowest BCUT2D eigenvalue weighted by Crippen LogP contribution is -2.05. The van der Waals surface area contributed by atoms with Crippen LogP contribution in [0.5, 0.6) is 5.75 Å². The molecule has 0 aliphatic heterocycles. The minimum atomic E-state index is 0.276.